The second kappa shape index (κ2) is 7.65. The van der Waals surface area contributed by atoms with Gasteiger partial charge in [0.2, 0.25) is 5.91 Å². The molecule has 7 heteroatoms. The van der Waals surface area contributed by atoms with E-state index in [0.29, 0.717) is 49.8 Å². The summed E-state index contributed by atoms with van der Waals surface area (Å²) in [5.74, 6) is 1.31. The molecule has 1 unspecified atom stereocenters. The van der Waals surface area contributed by atoms with Gasteiger partial charge >= 0.3 is 0 Å². The molecule has 30 heavy (non-hydrogen) atoms. The Labute approximate surface area is 174 Å². The Hall–Kier alpha value is -3.63. The van der Waals surface area contributed by atoms with Crippen molar-refractivity contribution in [3.63, 3.8) is 0 Å². The minimum atomic E-state index is 0.128. The summed E-state index contributed by atoms with van der Waals surface area (Å²) in [4.78, 5) is 21.1. The number of nitriles is 1. The van der Waals surface area contributed by atoms with Gasteiger partial charge in [-0.3, -0.25) is 9.69 Å². The Balaban J connectivity index is 1.57. The Morgan fingerprint density at radius 3 is 2.77 bits per heavy atom. The largest absolute Gasteiger partial charge is 0.456 e. The molecule has 2 aromatic carbocycles. The van der Waals surface area contributed by atoms with Crippen LogP contribution in [-0.4, -0.2) is 44.9 Å². The molecule has 1 atom stereocenters. The molecule has 3 aromatic rings. The van der Waals surface area contributed by atoms with Gasteiger partial charge in [0.1, 0.15) is 17.6 Å². The number of hydrogen-bond acceptors (Lipinski definition) is 5. The van der Waals surface area contributed by atoms with E-state index < -0.39 is 0 Å². The highest BCUT2D eigenvalue weighted by atomic mass is 16.5. The van der Waals surface area contributed by atoms with Crippen molar-refractivity contribution >= 4 is 5.91 Å². The molecule has 0 saturated carbocycles. The fourth-order valence-corrected chi connectivity index (χ4v) is 4.00. The molecule has 6 rings (SSSR count). The first-order chi connectivity index (χ1) is 14.7. The molecule has 0 aliphatic carbocycles. The van der Waals surface area contributed by atoms with Crippen LogP contribution in [0.4, 0.5) is 0 Å². The van der Waals surface area contributed by atoms with Crippen molar-refractivity contribution in [3.8, 4) is 17.6 Å². The number of imidazole rings is 1. The molecule has 1 fully saturated rings. The van der Waals surface area contributed by atoms with Crippen molar-refractivity contribution in [2.75, 3.05) is 19.6 Å². The third-order valence-corrected chi connectivity index (χ3v) is 5.60. The number of carbonyl (C=O) groups excluding carboxylic acids is 1. The topological polar surface area (TPSA) is 74.4 Å². The number of hydrogen-bond donors (Lipinski definition) is 0. The van der Waals surface area contributed by atoms with Crippen LogP contribution in [0, 0.1) is 11.3 Å². The second-order valence-corrected chi connectivity index (χ2v) is 7.73. The Morgan fingerprint density at radius 2 is 1.90 bits per heavy atom. The summed E-state index contributed by atoms with van der Waals surface area (Å²) in [6.07, 6.45) is 3.66. The number of nitrogens with zero attached hydrogens (tertiary/aromatic N) is 5. The highest BCUT2D eigenvalue weighted by Crippen LogP contribution is 2.28. The number of fused-ring (bicyclic) bond motifs is 2. The van der Waals surface area contributed by atoms with Gasteiger partial charge in [-0.15, -0.1) is 0 Å². The first-order valence-corrected chi connectivity index (χ1v) is 9.97. The average Bonchev–Trinajstić information content (AvgIpc) is 3.16. The van der Waals surface area contributed by atoms with Gasteiger partial charge in [-0.25, -0.2) is 4.98 Å². The maximum Gasteiger partial charge on any atom is 0.237 e. The lowest BCUT2D eigenvalue weighted by Gasteiger charge is -2.34. The zero-order chi connectivity index (χ0) is 20.5. The lowest BCUT2D eigenvalue weighted by atomic mass is 10.1. The number of aromatic nitrogens is 2. The number of amides is 1. The van der Waals surface area contributed by atoms with Crippen molar-refractivity contribution < 1.29 is 9.53 Å². The van der Waals surface area contributed by atoms with E-state index in [2.05, 4.69) is 20.5 Å². The standard InChI is InChI=1S/C23H21N5O2/c24-10-19-5-4-18-9-22(19)30-21-3-1-2-17(8-21)12-27-7-6-26(15-23(27)29)14-20-11-25-16-28(20)13-18/h1-5,8-9,11,16H,6-7,12-15H2. The quantitative estimate of drug-likeness (QED) is 0.581. The van der Waals surface area contributed by atoms with E-state index in [1.54, 1.807) is 12.4 Å². The Morgan fingerprint density at radius 1 is 1.00 bits per heavy atom. The molecule has 4 heterocycles. The van der Waals surface area contributed by atoms with E-state index in [1.807, 2.05) is 47.5 Å². The van der Waals surface area contributed by atoms with Crippen LogP contribution in [0.3, 0.4) is 0 Å². The summed E-state index contributed by atoms with van der Waals surface area (Å²) in [7, 11) is 0. The van der Waals surface area contributed by atoms with Gasteiger partial charge in [-0.05, 0) is 35.4 Å². The van der Waals surface area contributed by atoms with Gasteiger partial charge in [0.05, 0.1) is 24.1 Å². The van der Waals surface area contributed by atoms with Crippen LogP contribution in [-0.2, 0) is 24.4 Å². The molecule has 7 nitrogen and oxygen atoms in total. The van der Waals surface area contributed by atoms with Gasteiger partial charge in [0.25, 0.3) is 0 Å². The predicted molar refractivity (Wildman–Crippen MR) is 110 cm³/mol. The summed E-state index contributed by atoms with van der Waals surface area (Å²) in [6.45, 7) is 3.76. The summed E-state index contributed by atoms with van der Waals surface area (Å²) in [6, 6.07) is 15.6. The van der Waals surface area contributed by atoms with E-state index in [0.717, 1.165) is 23.4 Å². The molecule has 0 N–H and O–H groups in total. The van der Waals surface area contributed by atoms with Crippen LogP contribution in [0.1, 0.15) is 22.4 Å². The number of carbonyl (C=O) groups is 1. The smallest absolute Gasteiger partial charge is 0.237 e. The highest BCUT2D eigenvalue weighted by molar-refractivity contribution is 5.79. The predicted octanol–water partition coefficient (Wildman–Crippen LogP) is 2.75. The van der Waals surface area contributed by atoms with Gasteiger partial charge in [0, 0.05) is 38.9 Å². The van der Waals surface area contributed by atoms with Gasteiger partial charge in [0.15, 0.2) is 0 Å². The second-order valence-electron chi connectivity index (χ2n) is 7.73. The third-order valence-electron chi connectivity index (χ3n) is 5.60. The fourth-order valence-electron chi connectivity index (χ4n) is 4.00. The van der Waals surface area contributed by atoms with Crippen LogP contribution in [0.5, 0.6) is 11.5 Å². The number of ether oxygens (including phenoxy) is 1. The van der Waals surface area contributed by atoms with Crippen LogP contribution < -0.4 is 4.74 Å². The SMILES string of the molecule is N#Cc1ccc2cc1Oc1cccc(c1)CN1CCN(CC1=O)Cc1cncn1C2. The van der Waals surface area contributed by atoms with E-state index in [-0.39, 0.29) is 5.91 Å². The Kier molecular flexibility index (Phi) is 4.69. The molecule has 3 aliphatic heterocycles. The third kappa shape index (κ3) is 3.65. The van der Waals surface area contributed by atoms with Crippen molar-refractivity contribution in [2.24, 2.45) is 0 Å². The molecule has 1 amide bonds. The van der Waals surface area contributed by atoms with Crippen LogP contribution in [0.2, 0.25) is 0 Å². The van der Waals surface area contributed by atoms with E-state index in [1.165, 1.54) is 0 Å². The fraction of sp³-hybridized carbons (Fsp3) is 0.261. The summed E-state index contributed by atoms with van der Waals surface area (Å²) < 4.78 is 8.18. The zero-order valence-electron chi connectivity index (χ0n) is 16.5. The van der Waals surface area contributed by atoms with Gasteiger partial charge < -0.3 is 14.2 Å². The van der Waals surface area contributed by atoms with Crippen LogP contribution >= 0.6 is 0 Å². The van der Waals surface area contributed by atoms with Crippen molar-refractivity contribution in [3.05, 3.63) is 77.4 Å². The molecular formula is C23H21N5O2. The normalized spacial score (nSPS) is 18.4. The van der Waals surface area contributed by atoms with Crippen LogP contribution in [0.25, 0.3) is 0 Å². The highest BCUT2D eigenvalue weighted by Gasteiger charge is 2.25. The van der Waals surface area contributed by atoms with Gasteiger partial charge in [-0.2, -0.15) is 5.26 Å². The van der Waals surface area contributed by atoms with Gasteiger partial charge in [-0.1, -0.05) is 18.2 Å². The lowest BCUT2D eigenvalue weighted by molar-refractivity contribution is -0.136. The Bertz CT molecular complexity index is 1150. The molecule has 0 radical (unpaired) electrons. The first-order valence-electron chi connectivity index (χ1n) is 9.97. The summed E-state index contributed by atoms with van der Waals surface area (Å²) in [5, 5.41) is 9.51. The average molecular weight is 399 g/mol. The minimum absolute atomic E-state index is 0.128. The molecule has 1 aromatic heterocycles. The van der Waals surface area contributed by atoms with Crippen molar-refractivity contribution in [1.82, 2.24) is 19.4 Å². The maximum atomic E-state index is 12.7. The van der Waals surface area contributed by atoms with E-state index >= 15 is 0 Å². The summed E-state index contributed by atoms with van der Waals surface area (Å²) in [5.41, 5.74) is 3.57. The van der Waals surface area contributed by atoms with Crippen molar-refractivity contribution in [1.29, 1.82) is 5.26 Å². The zero-order valence-corrected chi connectivity index (χ0v) is 16.5. The number of rotatable bonds is 0. The van der Waals surface area contributed by atoms with Crippen molar-refractivity contribution in [2.45, 2.75) is 19.6 Å². The van der Waals surface area contributed by atoms with E-state index in [9.17, 15) is 10.1 Å². The molecule has 3 aliphatic rings. The molecule has 150 valence electrons. The molecule has 0 spiro atoms. The monoisotopic (exact) mass is 399 g/mol. The van der Waals surface area contributed by atoms with E-state index in [4.69, 9.17) is 4.74 Å². The maximum absolute atomic E-state index is 12.7. The molecule has 6 bridgehead atoms. The minimum Gasteiger partial charge on any atom is -0.456 e. The lowest BCUT2D eigenvalue weighted by Crippen LogP contribution is -2.49. The molecular weight excluding hydrogens is 378 g/mol. The number of piperazine rings is 1. The summed E-state index contributed by atoms with van der Waals surface area (Å²) >= 11 is 0. The number of benzene rings is 2. The first kappa shape index (κ1) is 18.4. The van der Waals surface area contributed by atoms with Crippen LogP contribution in [0.15, 0.2) is 55.0 Å². The molecule has 1 saturated heterocycles.